The van der Waals surface area contributed by atoms with Crippen LogP contribution in [0.3, 0.4) is 0 Å². The van der Waals surface area contributed by atoms with Crippen LogP contribution in [0.25, 0.3) is 0 Å². The van der Waals surface area contributed by atoms with Crippen molar-refractivity contribution in [3.8, 4) is 0 Å². The van der Waals surface area contributed by atoms with Crippen molar-refractivity contribution in [1.29, 1.82) is 0 Å². The van der Waals surface area contributed by atoms with Crippen molar-refractivity contribution in [2.24, 2.45) is 0 Å². The van der Waals surface area contributed by atoms with Crippen LogP contribution in [0.15, 0.2) is 0 Å². The summed E-state index contributed by atoms with van der Waals surface area (Å²) in [6, 6.07) is -0.0324. The van der Waals surface area contributed by atoms with Gasteiger partial charge in [0, 0.05) is 12.0 Å². The zero-order valence-electron chi connectivity index (χ0n) is 11.8. The summed E-state index contributed by atoms with van der Waals surface area (Å²) in [5.41, 5.74) is -0.786. The molecule has 1 aromatic rings. The van der Waals surface area contributed by atoms with E-state index in [1.54, 1.807) is 0 Å². The number of rotatable bonds is 5. The van der Waals surface area contributed by atoms with Crippen molar-refractivity contribution >= 4 is 17.5 Å². The van der Waals surface area contributed by atoms with Gasteiger partial charge in [0.1, 0.15) is 6.54 Å². The van der Waals surface area contributed by atoms with Crippen molar-refractivity contribution < 1.29 is 18.0 Å². The van der Waals surface area contributed by atoms with Gasteiger partial charge in [0.25, 0.3) is 0 Å². The predicted octanol–water partition coefficient (Wildman–Crippen LogP) is 3.35. The van der Waals surface area contributed by atoms with Crippen molar-refractivity contribution in [2.75, 3.05) is 0 Å². The number of alkyl halides is 3. The molecule has 0 bridgehead atoms. The number of carbonyl (C=O) groups excluding carboxylic acids is 1. The van der Waals surface area contributed by atoms with Gasteiger partial charge in [-0.05, 0) is 26.2 Å². The lowest BCUT2D eigenvalue weighted by atomic mass is 10.2. The number of carbonyl (C=O) groups is 1. The maximum absolute atomic E-state index is 12.9. The second-order valence-corrected chi connectivity index (χ2v) is 5.73. The molecule has 0 radical (unpaired) electrons. The first-order valence-electron chi connectivity index (χ1n) is 6.86. The van der Waals surface area contributed by atoms with Crippen LogP contribution in [0, 0.1) is 0 Å². The number of amides is 1. The first-order chi connectivity index (χ1) is 9.74. The number of halogens is 4. The average molecular weight is 324 g/mol. The third-order valence-corrected chi connectivity index (χ3v) is 3.85. The van der Waals surface area contributed by atoms with Gasteiger partial charge in [-0.15, -0.1) is 0 Å². The van der Waals surface area contributed by atoms with E-state index in [9.17, 15) is 18.0 Å². The van der Waals surface area contributed by atoms with Crippen LogP contribution in [-0.2, 0) is 17.5 Å². The maximum atomic E-state index is 12.9. The molecule has 1 aliphatic carbocycles. The van der Waals surface area contributed by atoms with Gasteiger partial charge in [-0.1, -0.05) is 18.5 Å². The van der Waals surface area contributed by atoms with Gasteiger partial charge in [0.15, 0.2) is 5.69 Å². The summed E-state index contributed by atoms with van der Waals surface area (Å²) in [5, 5.41) is 5.85. The summed E-state index contributed by atoms with van der Waals surface area (Å²) < 4.78 is 39.7. The molecule has 118 valence electrons. The first kappa shape index (κ1) is 16.1. The van der Waals surface area contributed by atoms with Gasteiger partial charge in [-0.3, -0.25) is 9.48 Å². The fraction of sp³-hybridized carbons (Fsp3) is 0.692. The van der Waals surface area contributed by atoms with Crippen LogP contribution < -0.4 is 5.32 Å². The summed E-state index contributed by atoms with van der Waals surface area (Å²) in [4.78, 5) is 11.9. The van der Waals surface area contributed by atoms with E-state index < -0.39 is 11.9 Å². The summed E-state index contributed by atoms with van der Waals surface area (Å²) in [6.07, 6.45) is -2.32. The molecular weight excluding hydrogens is 307 g/mol. The number of hydrogen-bond acceptors (Lipinski definition) is 2. The van der Waals surface area contributed by atoms with Crippen LogP contribution in [0.5, 0.6) is 0 Å². The second kappa shape index (κ2) is 5.87. The molecule has 0 aromatic carbocycles. The molecule has 0 saturated heterocycles. The number of nitrogens with one attached hydrogen (secondary N) is 1. The van der Waals surface area contributed by atoms with Crippen molar-refractivity contribution in [3.05, 3.63) is 16.4 Å². The Balaban J connectivity index is 2.24. The highest BCUT2D eigenvalue weighted by Crippen LogP contribution is 2.46. The minimum absolute atomic E-state index is 0.0301. The molecule has 4 nitrogen and oxygen atoms in total. The highest BCUT2D eigenvalue weighted by Gasteiger charge is 2.42. The SMILES string of the molecule is CCC(C)NC(=O)Cn1nc(C(F)(F)F)c(Cl)c1C1CC1. The standard InChI is InChI=1S/C13H17ClF3N3O/c1-3-7(2)18-9(21)6-20-11(8-4-5-8)10(14)12(19-20)13(15,16)17/h7-8H,3-6H2,1-2H3,(H,18,21). The molecule has 2 rings (SSSR count). The third kappa shape index (κ3) is 3.70. The summed E-state index contributed by atoms with van der Waals surface area (Å²) >= 11 is 5.83. The fourth-order valence-electron chi connectivity index (χ4n) is 2.06. The Hall–Kier alpha value is -1.24. The van der Waals surface area contributed by atoms with E-state index in [2.05, 4.69) is 10.4 Å². The molecule has 8 heteroatoms. The van der Waals surface area contributed by atoms with Crippen LogP contribution >= 0.6 is 11.6 Å². The normalized spacial score (nSPS) is 16.9. The van der Waals surface area contributed by atoms with Crippen LogP contribution in [0.2, 0.25) is 5.02 Å². The predicted molar refractivity (Wildman–Crippen MR) is 72.1 cm³/mol. The molecule has 0 aliphatic heterocycles. The third-order valence-electron chi connectivity index (χ3n) is 3.48. The van der Waals surface area contributed by atoms with Gasteiger partial charge >= 0.3 is 6.18 Å². The highest BCUT2D eigenvalue weighted by molar-refractivity contribution is 6.32. The van der Waals surface area contributed by atoms with Crippen LogP contribution in [-0.4, -0.2) is 21.7 Å². The van der Waals surface area contributed by atoms with E-state index in [1.165, 1.54) is 0 Å². The topological polar surface area (TPSA) is 46.9 Å². The Morgan fingerprint density at radius 1 is 1.52 bits per heavy atom. The van der Waals surface area contributed by atoms with E-state index in [4.69, 9.17) is 11.6 Å². The van der Waals surface area contributed by atoms with Gasteiger partial charge in [-0.25, -0.2) is 0 Å². The minimum Gasteiger partial charge on any atom is -0.352 e. The lowest BCUT2D eigenvalue weighted by molar-refractivity contribution is -0.141. The second-order valence-electron chi connectivity index (χ2n) is 5.35. The van der Waals surface area contributed by atoms with Crippen molar-refractivity contribution in [3.63, 3.8) is 0 Å². The Morgan fingerprint density at radius 3 is 2.62 bits per heavy atom. The molecule has 21 heavy (non-hydrogen) atoms. The van der Waals surface area contributed by atoms with Crippen LogP contribution in [0.4, 0.5) is 13.2 Å². The van der Waals surface area contributed by atoms with Gasteiger partial charge in [-0.2, -0.15) is 18.3 Å². The highest BCUT2D eigenvalue weighted by atomic mass is 35.5. The van der Waals surface area contributed by atoms with Gasteiger partial charge < -0.3 is 5.32 Å². The number of hydrogen-bond donors (Lipinski definition) is 1. The maximum Gasteiger partial charge on any atom is 0.436 e. The summed E-state index contributed by atoms with van der Waals surface area (Å²) in [7, 11) is 0. The first-order valence-corrected chi connectivity index (χ1v) is 7.24. The van der Waals surface area contributed by atoms with Gasteiger partial charge in [0.05, 0.1) is 10.7 Å². The fourth-order valence-corrected chi connectivity index (χ4v) is 2.46. The smallest absolute Gasteiger partial charge is 0.352 e. The molecule has 1 saturated carbocycles. The molecule has 1 amide bonds. The lowest BCUT2D eigenvalue weighted by Crippen LogP contribution is -2.35. The number of aromatic nitrogens is 2. The Kier molecular flexibility index (Phi) is 4.51. The van der Waals surface area contributed by atoms with Crippen molar-refractivity contribution in [1.82, 2.24) is 15.1 Å². The average Bonchev–Trinajstić information content (AvgIpc) is 3.13. The zero-order chi connectivity index (χ0) is 15.8. The molecule has 1 N–H and O–H groups in total. The minimum atomic E-state index is -4.61. The molecule has 0 spiro atoms. The monoisotopic (exact) mass is 323 g/mol. The Labute approximate surface area is 125 Å². The largest absolute Gasteiger partial charge is 0.436 e. The van der Waals surface area contributed by atoms with Crippen molar-refractivity contribution in [2.45, 2.75) is 57.8 Å². The summed E-state index contributed by atoms with van der Waals surface area (Å²) in [5.74, 6) is -0.392. The van der Waals surface area contributed by atoms with E-state index >= 15 is 0 Å². The molecular formula is C13H17ClF3N3O. The molecule has 1 heterocycles. The molecule has 1 aliphatic rings. The zero-order valence-corrected chi connectivity index (χ0v) is 12.6. The van der Waals surface area contributed by atoms with E-state index in [-0.39, 0.29) is 29.4 Å². The molecule has 1 atom stereocenters. The molecule has 1 fully saturated rings. The Morgan fingerprint density at radius 2 is 2.14 bits per heavy atom. The van der Waals surface area contributed by atoms with Crippen LogP contribution in [0.1, 0.15) is 50.4 Å². The molecule has 1 unspecified atom stereocenters. The number of nitrogens with zero attached hydrogens (tertiary/aromatic N) is 2. The van der Waals surface area contributed by atoms with E-state index in [1.807, 2.05) is 13.8 Å². The van der Waals surface area contributed by atoms with E-state index in [0.29, 0.717) is 5.69 Å². The summed E-state index contributed by atoms with van der Waals surface area (Å²) in [6.45, 7) is 3.50. The quantitative estimate of drug-likeness (QED) is 0.903. The van der Waals surface area contributed by atoms with E-state index in [0.717, 1.165) is 23.9 Å². The van der Waals surface area contributed by atoms with Gasteiger partial charge in [0.2, 0.25) is 5.91 Å². The Bertz CT molecular complexity index is 537. The lowest BCUT2D eigenvalue weighted by Gasteiger charge is -2.12. The molecule has 1 aromatic heterocycles.